The number of imidazole rings is 2. The van der Waals surface area contributed by atoms with Crippen molar-refractivity contribution < 1.29 is 4.79 Å². The van der Waals surface area contributed by atoms with Crippen LogP contribution in [-0.2, 0) is 6.54 Å². The number of hydrogen-bond acceptors (Lipinski definition) is 4. The van der Waals surface area contributed by atoms with Gasteiger partial charge in [0.1, 0.15) is 0 Å². The van der Waals surface area contributed by atoms with Crippen molar-refractivity contribution in [1.82, 2.24) is 29.7 Å². The lowest BCUT2D eigenvalue weighted by atomic mass is 9.99. The van der Waals surface area contributed by atoms with E-state index in [1.807, 2.05) is 41.3 Å². The Morgan fingerprint density at radius 3 is 2.38 bits per heavy atom. The summed E-state index contributed by atoms with van der Waals surface area (Å²) in [6, 6.07) is 19.7. The number of aromatic amines is 2. The maximum absolute atomic E-state index is 13.7. The van der Waals surface area contributed by atoms with E-state index in [0.29, 0.717) is 12.1 Å². The first-order valence-electron chi connectivity index (χ1n) is 11.3. The zero-order valence-electron chi connectivity index (χ0n) is 18.4. The number of halogens is 1. The van der Waals surface area contributed by atoms with Crippen LogP contribution in [0.5, 0.6) is 0 Å². The molecule has 2 aromatic heterocycles. The smallest absolute Gasteiger partial charge is 0.254 e. The molecule has 1 amide bonds. The monoisotopic (exact) mass is 470 g/mol. The average Bonchev–Trinajstić information content (AvgIpc) is 3.53. The van der Waals surface area contributed by atoms with Gasteiger partial charge in [0.05, 0.1) is 40.8 Å². The Kier molecular flexibility index (Phi) is 5.28. The molecule has 0 aliphatic carbocycles. The van der Waals surface area contributed by atoms with Gasteiger partial charge in [-0.15, -0.1) is 0 Å². The first-order chi connectivity index (χ1) is 16.6. The first kappa shape index (κ1) is 20.9. The van der Waals surface area contributed by atoms with Crippen molar-refractivity contribution in [3.05, 3.63) is 95.0 Å². The Labute approximate surface area is 201 Å². The Morgan fingerprint density at radius 1 is 0.912 bits per heavy atom. The summed E-state index contributed by atoms with van der Waals surface area (Å²) in [5.41, 5.74) is 6.56. The highest BCUT2D eigenvalue weighted by molar-refractivity contribution is 6.30. The highest BCUT2D eigenvalue weighted by Gasteiger charge is 2.32. The quantitative estimate of drug-likeness (QED) is 0.395. The third-order valence-electron chi connectivity index (χ3n) is 6.54. The van der Waals surface area contributed by atoms with Crippen LogP contribution in [0, 0.1) is 0 Å². The van der Waals surface area contributed by atoms with E-state index in [1.165, 1.54) is 5.56 Å². The molecule has 170 valence electrons. The molecule has 3 heterocycles. The number of amides is 1. The third-order valence-corrected chi connectivity index (χ3v) is 6.79. The fourth-order valence-corrected chi connectivity index (χ4v) is 4.88. The Morgan fingerprint density at radius 2 is 1.62 bits per heavy atom. The second-order valence-electron chi connectivity index (χ2n) is 8.69. The number of aromatic nitrogens is 4. The van der Waals surface area contributed by atoms with E-state index >= 15 is 0 Å². The summed E-state index contributed by atoms with van der Waals surface area (Å²) < 4.78 is 0. The first-order valence-corrected chi connectivity index (χ1v) is 11.7. The van der Waals surface area contributed by atoms with E-state index in [2.05, 4.69) is 49.1 Å². The molecule has 1 saturated heterocycles. The standard InChI is InChI=1S/C26H23ClN6O/c27-20-5-1-17(2-6-20)13-32-9-10-33(26(34)19-4-8-22-24(12-19)31-16-29-22)25(14-32)18-3-7-21-23(11-18)30-15-28-21/h1-8,11-12,15-16,25H,9-10,13-14H2,(H,28,30)(H,29,31). The summed E-state index contributed by atoms with van der Waals surface area (Å²) in [6.07, 6.45) is 3.35. The molecular weight excluding hydrogens is 448 g/mol. The van der Waals surface area contributed by atoms with Gasteiger partial charge >= 0.3 is 0 Å². The zero-order chi connectivity index (χ0) is 23.1. The van der Waals surface area contributed by atoms with Crippen molar-refractivity contribution in [1.29, 1.82) is 0 Å². The van der Waals surface area contributed by atoms with Gasteiger partial charge in [-0.05, 0) is 53.6 Å². The van der Waals surface area contributed by atoms with Crippen LogP contribution in [0.1, 0.15) is 27.5 Å². The lowest BCUT2D eigenvalue weighted by Gasteiger charge is -2.42. The summed E-state index contributed by atoms with van der Waals surface area (Å²) in [7, 11) is 0. The second-order valence-corrected chi connectivity index (χ2v) is 9.13. The molecule has 3 aromatic carbocycles. The van der Waals surface area contributed by atoms with Crippen molar-refractivity contribution in [2.75, 3.05) is 19.6 Å². The molecule has 2 N–H and O–H groups in total. The molecule has 5 aromatic rings. The average molecular weight is 471 g/mol. The lowest BCUT2D eigenvalue weighted by molar-refractivity contribution is 0.0435. The van der Waals surface area contributed by atoms with Crippen LogP contribution < -0.4 is 0 Å². The summed E-state index contributed by atoms with van der Waals surface area (Å²) in [4.78, 5) is 33.0. The molecule has 0 spiro atoms. The van der Waals surface area contributed by atoms with Gasteiger partial charge in [0.2, 0.25) is 0 Å². The predicted molar refractivity (Wildman–Crippen MR) is 133 cm³/mol. The number of piperazine rings is 1. The zero-order valence-corrected chi connectivity index (χ0v) is 19.2. The van der Waals surface area contributed by atoms with Crippen LogP contribution in [0.3, 0.4) is 0 Å². The SMILES string of the molecule is O=C(c1ccc2nc[nH]c2c1)N1CCN(Cc2ccc(Cl)cc2)CC1c1ccc2nc[nH]c2c1. The number of H-pyrrole nitrogens is 2. The van der Waals surface area contributed by atoms with Crippen molar-refractivity contribution in [3.63, 3.8) is 0 Å². The Balaban J connectivity index is 1.32. The van der Waals surface area contributed by atoms with E-state index in [4.69, 9.17) is 11.6 Å². The topological polar surface area (TPSA) is 80.9 Å². The molecule has 7 nitrogen and oxygen atoms in total. The molecule has 0 radical (unpaired) electrons. The van der Waals surface area contributed by atoms with Gasteiger partial charge in [0.25, 0.3) is 5.91 Å². The maximum Gasteiger partial charge on any atom is 0.254 e. The minimum absolute atomic E-state index is 0.0253. The van der Waals surface area contributed by atoms with Crippen LogP contribution >= 0.6 is 11.6 Å². The number of carbonyl (C=O) groups is 1. The highest BCUT2D eigenvalue weighted by atomic mass is 35.5. The molecule has 0 bridgehead atoms. The van der Waals surface area contributed by atoms with E-state index in [9.17, 15) is 4.79 Å². The fraction of sp³-hybridized carbons (Fsp3) is 0.192. The van der Waals surface area contributed by atoms with Crippen LogP contribution in [-0.4, -0.2) is 55.3 Å². The van der Waals surface area contributed by atoms with E-state index in [1.54, 1.807) is 12.7 Å². The molecule has 34 heavy (non-hydrogen) atoms. The fourth-order valence-electron chi connectivity index (χ4n) is 4.75. The second kappa shape index (κ2) is 8.59. The number of carbonyl (C=O) groups excluding carboxylic acids is 1. The highest BCUT2D eigenvalue weighted by Crippen LogP contribution is 2.30. The molecule has 1 unspecified atom stereocenters. The summed E-state index contributed by atoms with van der Waals surface area (Å²) in [5.74, 6) is 0.0253. The van der Waals surface area contributed by atoms with Crippen molar-refractivity contribution in [2.24, 2.45) is 0 Å². The molecular formula is C26H23ClN6O. The van der Waals surface area contributed by atoms with E-state index < -0.39 is 0 Å². The number of fused-ring (bicyclic) bond motifs is 2. The van der Waals surface area contributed by atoms with Crippen LogP contribution in [0.4, 0.5) is 0 Å². The minimum atomic E-state index is -0.0845. The van der Waals surface area contributed by atoms with Crippen molar-refractivity contribution in [2.45, 2.75) is 12.6 Å². The van der Waals surface area contributed by atoms with Crippen LogP contribution in [0.2, 0.25) is 5.02 Å². The minimum Gasteiger partial charge on any atom is -0.345 e. The molecule has 1 aliphatic heterocycles. The number of benzene rings is 3. The van der Waals surface area contributed by atoms with Gasteiger partial charge < -0.3 is 14.9 Å². The summed E-state index contributed by atoms with van der Waals surface area (Å²) in [6.45, 7) is 2.98. The van der Waals surface area contributed by atoms with Crippen LogP contribution in [0.15, 0.2) is 73.3 Å². The molecule has 1 fully saturated rings. The van der Waals surface area contributed by atoms with Gasteiger partial charge in [-0.3, -0.25) is 9.69 Å². The van der Waals surface area contributed by atoms with Crippen molar-refractivity contribution >= 4 is 39.6 Å². The molecule has 1 atom stereocenters. The van der Waals surface area contributed by atoms with Gasteiger partial charge in [-0.2, -0.15) is 0 Å². The lowest BCUT2D eigenvalue weighted by Crippen LogP contribution is -2.50. The van der Waals surface area contributed by atoms with Gasteiger partial charge in [-0.1, -0.05) is 29.8 Å². The third kappa shape index (κ3) is 3.93. The van der Waals surface area contributed by atoms with Crippen molar-refractivity contribution in [3.8, 4) is 0 Å². The van der Waals surface area contributed by atoms with Gasteiger partial charge in [0, 0.05) is 36.8 Å². The largest absolute Gasteiger partial charge is 0.345 e. The molecule has 0 saturated carbocycles. The van der Waals surface area contributed by atoms with E-state index in [-0.39, 0.29) is 11.9 Å². The number of nitrogens with one attached hydrogen (secondary N) is 2. The normalized spacial score (nSPS) is 17.0. The van der Waals surface area contributed by atoms with Gasteiger partial charge in [0.15, 0.2) is 0 Å². The van der Waals surface area contributed by atoms with Crippen LogP contribution in [0.25, 0.3) is 22.1 Å². The molecule has 1 aliphatic rings. The predicted octanol–water partition coefficient (Wildman–Crippen LogP) is 4.79. The summed E-state index contributed by atoms with van der Waals surface area (Å²) in [5, 5.41) is 0.735. The Hall–Kier alpha value is -3.68. The number of hydrogen-bond donors (Lipinski definition) is 2. The molecule has 8 heteroatoms. The number of nitrogens with zero attached hydrogens (tertiary/aromatic N) is 4. The maximum atomic E-state index is 13.7. The van der Waals surface area contributed by atoms with Gasteiger partial charge in [-0.25, -0.2) is 9.97 Å². The number of rotatable bonds is 4. The van der Waals surface area contributed by atoms with E-state index in [0.717, 1.165) is 52.3 Å². The molecule has 6 rings (SSSR count). The Bertz CT molecular complexity index is 1470. The summed E-state index contributed by atoms with van der Waals surface area (Å²) >= 11 is 6.07.